The van der Waals surface area contributed by atoms with Crippen LogP contribution in [0.5, 0.6) is 11.5 Å². The first kappa shape index (κ1) is 21.0. The fraction of sp³-hybridized carbons (Fsp3) is 0.409. The molecule has 3 N–H and O–H groups in total. The number of carbonyl (C=O) groups is 1. The van der Waals surface area contributed by atoms with E-state index in [-0.39, 0.29) is 23.8 Å². The second-order valence-electron chi connectivity index (χ2n) is 8.62. The van der Waals surface area contributed by atoms with Crippen molar-refractivity contribution in [2.24, 2.45) is 5.92 Å². The number of carbonyl (C=O) groups excluding carboxylic acids is 1. The number of benzene rings is 2. The van der Waals surface area contributed by atoms with Gasteiger partial charge in [-0.2, -0.15) is 8.42 Å². The van der Waals surface area contributed by atoms with Crippen LogP contribution in [-0.4, -0.2) is 45.2 Å². The highest BCUT2D eigenvalue weighted by Gasteiger charge is 2.40. The molecule has 1 atom stereocenters. The van der Waals surface area contributed by atoms with E-state index in [9.17, 15) is 18.3 Å². The van der Waals surface area contributed by atoms with E-state index in [2.05, 4.69) is 29.6 Å². The van der Waals surface area contributed by atoms with Gasteiger partial charge in [-0.15, -0.1) is 0 Å². The van der Waals surface area contributed by atoms with Crippen LogP contribution in [0.2, 0.25) is 0 Å². The summed E-state index contributed by atoms with van der Waals surface area (Å²) >= 11 is 0. The zero-order valence-electron chi connectivity index (χ0n) is 17.3. The Morgan fingerprint density at radius 3 is 2.66 bits per heavy atom. The largest absolute Gasteiger partial charge is 0.505 e. The zero-order valence-corrected chi connectivity index (χ0v) is 18.1. The summed E-state index contributed by atoms with van der Waals surface area (Å²) in [4.78, 5) is 11.5. The number of nitrogens with zero attached hydrogens (tertiary/aromatic N) is 1. The van der Waals surface area contributed by atoms with Gasteiger partial charge in [0.15, 0.2) is 5.82 Å². The first-order valence-corrected chi connectivity index (χ1v) is 12.1. The van der Waals surface area contributed by atoms with Gasteiger partial charge in [0.2, 0.25) is 0 Å². The van der Waals surface area contributed by atoms with E-state index in [1.807, 2.05) is 6.07 Å². The minimum atomic E-state index is -4.23. The lowest BCUT2D eigenvalue weighted by molar-refractivity contribution is -0.117. The topological polar surface area (TPSA) is 108 Å². The Balaban J connectivity index is 1.18. The third-order valence-electron chi connectivity index (χ3n) is 6.39. The summed E-state index contributed by atoms with van der Waals surface area (Å²) in [5.74, 6) is -0.869. The van der Waals surface area contributed by atoms with Crippen LogP contribution in [0.25, 0.3) is 0 Å². The number of anilines is 1. The van der Waals surface area contributed by atoms with Crippen LogP contribution < -0.4 is 19.1 Å². The van der Waals surface area contributed by atoms with Gasteiger partial charge in [0, 0.05) is 24.6 Å². The highest BCUT2D eigenvalue weighted by atomic mass is 32.2. The van der Waals surface area contributed by atoms with Crippen LogP contribution in [0, 0.1) is 11.7 Å². The van der Waals surface area contributed by atoms with Gasteiger partial charge in [-0.3, -0.25) is 4.79 Å². The lowest BCUT2D eigenvalue weighted by atomic mass is 9.71. The maximum absolute atomic E-state index is 15.1. The summed E-state index contributed by atoms with van der Waals surface area (Å²) in [6, 6.07) is 11.7. The van der Waals surface area contributed by atoms with Crippen LogP contribution in [0.15, 0.2) is 36.4 Å². The normalized spacial score (nSPS) is 25.7. The summed E-state index contributed by atoms with van der Waals surface area (Å²) in [5.41, 5.74) is 1.05. The van der Waals surface area contributed by atoms with Gasteiger partial charge in [0.25, 0.3) is 5.91 Å². The van der Waals surface area contributed by atoms with Crippen LogP contribution in [0.1, 0.15) is 29.9 Å². The van der Waals surface area contributed by atoms with E-state index >= 15 is 4.39 Å². The standard InChI is InChI=1S/C22H24FN3O5S/c23-21-17-8-16(11-24-10-13-6-15(7-13)14-4-2-1-3-5-14)31-19(17)9-18(27)22(21)26-12-20(28)25-32(26,29)30/h1-5,9,13,15-16,24,27H,6-8,10-12H2,(H,25,28)/t13?,15?,16-/m1/s1. The quantitative estimate of drug-likeness (QED) is 0.606. The van der Waals surface area contributed by atoms with E-state index in [1.54, 1.807) is 4.72 Å². The molecule has 0 radical (unpaired) electrons. The van der Waals surface area contributed by atoms with Crippen molar-refractivity contribution in [2.45, 2.75) is 31.3 Å². The molecule has 1 aliphatic carbocycles. The molecule has 0 bridgehead atoms. The Morgan fingerprint density at radius 1 is 1.22 bits per heavy atom. The molecule has 0 aromatic heterocycles. The van der Waals surface area contributed by atoms with Gasteiger partial charge in [-0.1, -0.05) is 30.3 Å². The van der Waals surface area contributed by atoms with Crippen LogP contribution in [0.4, 0.5) is 10.1 Å². The molecule has 0 spiro atoms. The number of rotatable bonds is 6. The molecule has 170 valence electrons. The van der Waals surface area contributed by atoms with Crippen molar-refractivity contribution >= 4 is 21.8 Å². The molecular weight excluding hydrogens is 437 g/mol. The van der Waals surface area contributed by atoms with E-state index < -0.39 is 39.9 Å². The molecule has 1 saturated heterocycles. The molecule has 32 heavy (non-hydrogen) atoms. The molecule has 1 saturated carbocycles. The predicted molar refractivity (Wildman–Crippen MR) is 115 cm³/mol. The van der Waals surface area contributed by atoms with Gasteiger partial charge in [0.05, 0.1) is 0 Å². The van der Waals surface area contributed by atoms with Gasteiger partial charge in [0.1, 0.15) is 29.8 Å². The summed E-state index contributed by atoms with van der Waals surface area (Å²) in [6.45, 7) is 0.778. The number of ether oxygens (including phenoxy) is 1. The first-order chi connectivity index (χ1) is 15.3. The van der Waals surface area contributed by atoms with E-state index in [1.165, 1.54) is 11.6 Å². The highest BCUT2D eigenvalue weighted by molar-refractivity contribution is 7.92. The third-order valence-corrected chi connectivity index (χ3v) is 7.76. The van der Waals surface area contributed by atoms with Crippen molar-refractivity contribution in [1.29, 1.82) is 0 Å². The Hall–Kier alpha value is -2.85. The third kappa shape index (κ3) is 3.77. The zero-order chi connectivity index (χ0) is 22.5. The Bertz CT molecular complexity index is 1150. The van der Waals surface area contributed by atoms with Crippen LogP contribution in [-0.2, 0) is 21.4 Å². The molecule has 5 rings (SSSR count). The molecular formula is C22H24FN3O5S. The second-order valence-corrected chi connectivity index (χ2v) is 10.2. The molecule has 2 heterocycles. The van der Waals surface area contributed by atoms with Crippen molar-refractivity contribution < 1.29 is 27.4 Å². The lowest BCUT2D eigenvalue weighted by Crippen LogP contribution is -2.37. The number of phenolic OH excluding ortho intramolecular Hbond substituents is 1. The summed E-state index contributed by atoms with van der Waals surface area (Å²) in [7, 11) is -4.23. The second kappa shape index (κ2) is 7.93. The van der Waals surface area contributed by atoms with Crippen LogP contribution in [0.3, 0.4) is 0 Å². The molecule has 2 fully saturated rings. The molecule has 10 heteroatoms. The van der Waals surface area contributed by atoms with Gasteiger partial charge in [-0.25, -0.2) is 13.4 Å². The van der Waals surface area contributed by atoms with Gasteiger partial charge < -0.3 is 15.2 Å². The van der Waals surface area contributed by atoms with Gasteiger partial charge >= 0.3 is 10.2 Å². The fourth-order valence-corrected chi connectivity index (χ4v) is 5.90. The Labute approximate surface area is 185 Å². The first-order valence-electron chi connectivity index (χ1n) is 10.6. The molecule has 2 aromatic carbocycles. The highest BCUT2D eigenvalue weighted by Crippen LogP contribution is 2.44. The number of halogens is 1. The monoisotopic (exact) mass is 461 g/mol. The molecule has 2 aromatic rings. The number of hydrogen-bond donors (Lipinski definition) is 3. The van der Waals surface area contributed by atoms with E-state index in [0.717, 1.165) is 19.4 Å². The van der Waals surface area contributed by atoms with Gasteiger partial charge in [-0.05, 0) is 36.8 Å². The number of hydrogen-bond acceptors (Lipinski definition) is 6. The molecule has 3 aliphatic rings. The average Bonchev–Trinajstić information content (AvgIpc) is 3.23. The van der Waals surface area contributed by atoms with Crippen molar-refractivity contribution in [3.05, 3.63) is 53.3 Å². The molecule has 2 aliphatic heterocycles. The van der Waals surface area contributed by atoms with Crippen molar-refractivity contribution in [3.63, 3.8) is 0 Å². The number of amides is 1. The Morgan fingerprint density at radius 2 is 1.97 bits per heavy atom. The predicted octanol–water partition coefficient (Wildman–Crippen LogP) is 1.80. The maximum Gasteiger partial charge on any atom is 0.326 e. The maximum atomic E-state index is 15.1. The fourth-order valence-electron chi connectivity index (χ4n) is 4.73. The molecule has 1 amide bonds. The smallest absolute Gasteiger partial charge is 0.326 e. The minimum absolute atomic E-state index is 0.194. The summed E-state index contributed by atoms with van der Waals surface area (Å²) in [5, 5.41) is 13.6. The Kier molecular flexibility index (Phi) is 5.21. The van der Waals surface area contributed by atoms with E-state index in [4.69, 9.17) is 4.74 Å². The van der Waals surface area contributed by atoms with E-state index in [0.29, 0.717) is 22.7 Å². The number of phenols is 1. The summed E-state index contributed by atoms with van der Waals surface area (Å²) < 4.78 is 47.4. The number of nitrogens with one attached hydrogen (secondary N) is 2. The van der Waals surface area contributed by atoms with Crippen molar-refractivity contribution in [1.82, 2.24) is 10.0 Å². The SMILES string of the molecule is O=C1CN(c2c(O)cc3c(c2F)C[C@H](CNCC2CC(c4ccccc4)C2)O3)S(=O)(=O)N1. The minimum Gasteiger partial charge on any atom is -0.505 e. The average molecular weight is 462 g/mol. The number of fused-ring (bicyclic) bond motifs is 1. The number of aromatic hydroxyl groups is 1. The lowest BCUT2D eigenvalue weighted by Gasteiger charge is -2.36. The molecule has 0 unspecified atom stereocenters. The van der Waals surface area contributed by atoms with Crippen molar-refractivity contribution in [3.8, 4) is 11.5 Å². The van der Waals surface area contributed by atoms with Crippen molar-refractivity contribution in [2.75, 3.05) is 23.9 Å². The van der Waals surface area contributed by atoms with Crippen LogP contribution >= 0.6 is 0 Å². The molecule has 8 nitrogen and oxygen atoms in total. The summed E-state index contributed by atoms with van der Waals surface area (Å²) in [6.07, 6.45) is 2.18.